The van der Waals surface area contributed by atoms with Crippen molar-refractivity contribution in [1.82, 2.24) is 4.90 Å². The summed E-state index contributed by atoms with van der Waals surface area (Å²) in [4.78, 5) is 13.3. The second-order valence-electron chi connectivity index (χ2n) is 4.90. The van der Waals surface area contributed by atoms with E-state index in [2.05, 4.69) is 30.9 Å². The molecule has 17 heavy (non-hydrogen) atoms. The van der Waals surface area contributed by atoms with Gasteiger partial charge in [-0.3, -0.25) is 9.69 Å². The minimum absolute atomic E-state index is 0.212. The maximum atomic E-state index is 11.0. The molecule has 92 valence electrons. The van der Waals surface area contributed by atoms with Crippen LogP contribution in [0.2, 0.25) is 0 Å². The number of rotatable bonds is 3. The Morgan fingerprint density at radius 1 is 1.41 bits per heavy atom. The van der Waals surface area contributed by atoms with Crippen molar-refractivity contribution in [3.8, 4) is 0 Å². The van der Waals surface area contributed by atoms with E-state index in [1.54, 1.807) is 0 Å². The van der Waals surface area contributed by atoms with Gasteiger partial charge in [0.2, 0.25) is 0 Å². The van der Waals surface area contributed by atoms with Crippen LogP contribution in [0, 0.1) is 5.92 Å². The third-order valence-electron chi connectivity index (χ3n) is 3.75. The number of hydrogen-bond donors (Lipinski definition) is 1. The lowest BCUT2D eigenvalue weighted by Gasteiger charge is -2.28. The largest absolute Gasteiger partial charge is 0.481 e. The Hall–Kier alpha value is -1.35. The van der Waals surface area contributed by atoms with E-state index in [9.17, 15) is 4.79 Å². The van der Waals surface area contributed by atoms with E-state index >= 15 is 0 Å². The van der Waals surface area contributed by atoms with Crippen LogP contribution in [0.15, 0.2) is 30.3 Å². The highest BCUT2D eigenvalue weighted by Crippen LogP contribution is 2.31. The van der Waals surface area contributed by atoms with Gasteiger partial charge in [-0.1, -0.05) is 30.3 Å². The summed E-state index contributed by atoms with van der Waals surface area (Å²) in [5, 5.41) is 9.07. The Kier molecular flexibility index (Phi) is 3.48. The van der Waals surface area contributed by atoms with Crippen molar-refractivity contribution in [3.63, 3.8) is 0 Å². The lowest BCUT2D eigenvalue weighted by atomic mass is 10.1. The van der Waals surface area contributed by atoms with Gasteiger partial charge in [-0.05, 0) is 25.8 Å². The molecule has 1 heterocycles. The molecule has 1 aliphatic rings. The molecule has 0 saturated carbocycles. The molecule has 0 spiro atoms. The van der Waals surface area contributed by atoms with Crippen molar-refractivity contribution in [3.05, 3.63) is 35.9 Å². The van der Waals surface area contributed by atoms with E-state index < -0.39 is 5.97 Å². The summed E-state index contributed by atoms with van der Waals surface area (Å²) < 4.78 is 0. The summed E-state index contributed by atoms with van der Waals surface area (Å²) in [5.41, 5.74) is 1.25. The quantitative estimate of drug-likeness (QED) is 0.872. The van der Waals surface area contributed by atoms with Crippen molar-refractivity contribution in [2.45, 2.75) is 32.4 Å². The minimum Gasteiger partial charge on any atom is -0.481 e. The summed E-state index contributed by atoms with van der Waals surface area (Å²) >= 11 is 0. The molecule has 3 unspecified atom stereocenters. The first-order valence-corrected chi connectivity index (χ1v) is 6.13. The fraction of sp³-hybridized carbons (Fsp3) is 0.500. The average Bonchev–Trinajstić information content (AvgIpc) is 2.72. The van der Waals surface area contributed by atoms with Crippen LogP contribution in [0.25, 0.3) is 0 Å². The van der Waals surface area contributed by atoms with Gasteiger partial charge in [0.1, 0.15) is 0 Å². The summed E-state index contributed by atoms with van der Waals surface area (Å²) in [6.45, 7) is 4.92. The Bertz CT molecular complexity index is 390. The van der Waals surface area contributed by atoms with Gasteiger partial charge in [0.25, 0.3) is 0 Å². The lowest BCUT2D eigenvalue weighted by molar-refractivity contribution is -0.141. The molecule has 0 aliphatic carbocycles. The predicted octanol–water partition coefficient (Wildman–Crippen LogP) is 2.54. The molecule has 3 heteroatoms. The van der Waals surface area contributed by atoms with Crippen LogP contribution < -0.4 is 0 Å². The van der Waals surface area contributed by atoms with Crippen LogP contribution in [0.1, 0.15) is 31.9 Å². The number of hydrogen-bond acceptors (Lipinski definition) is 2. The number of carboxylic acid groups (broad SMARTS) is 1. The molecule has 1 aliphatic heterocycles. The van der Waals surface area contributed by atoms with Crippen LogP contribution >= 0.6 is 0 Å². The first-order chi connectivity index (χ1) is 8.09. The van der Waals surface area contributed by atoms with Gasteiger partial charge in [-0.2, -0.15) is 0 Å². The first-order valence-electron chi connectivity index (χ1n) is 6.13. The fourth-order valence-corrected chi connectivity index (χ4v) is 2.70. The highest BCUT2D eigenvalue weighted by molar-refractivity contribution is 5.70. The van der Waals surface area contributed by atoms with E-state index in [1.165, 1.54) is 5.56 Å². The summed E-state index contributed by atoms with van der Waals surface area (Å²) in [6.07, 6.45) is 0.756. The molecule has 0 aromatic heterocycles. The number of carboxylic acids is 1. The van der Waals surface area contributed by atoms with E-state index in [-0.39, 0.29) is 12.0 Å². The summed E-state index contributed by atoms with van der Waals surface area (Å²) in [7, 11) is 0. The second kappa shape index (κ2) is 4.88. The summed E-state index contributed by atoms with van der Waals surface area (Å²) in [5.74, 6) is -0.879. The average molecular weight is 233 g/mol. The molecule has 1 fully saturated rings. The van der Waals surface area contributed by atoms with E-state index in [0.29, 0.717) is 12.6 Å². The highest BCUT2D eigenvalue weighted by atomic mass is 16.4. The molecule has 3 atom stereocenters. The maximum Gasteiger partial charge on any atom is 0.307 e. The van der Waals surface area contributed by atoms with Crippen LogP contribution in [0.3, 0.4) is 0 Å². The van der Waals surface area contributed by atoms with Crippen LogP contribution in [-0.2, 0) is 4.79 Å². The zero-order valence-corrected chi connectivity index (χ0v) is 10.3. The Balaban J connectivity index is 2.11. The van der Waals surface area contributed by atoms with Crippen molar-refractivity contribution < 1.29 is 9.90 Å². The van der Waals surface area contributed by atoms with Gasteiger partial charge in [0.15, 0.2) is 0 Å². The third kappa shape index (κ3) is 2.50. The van der Waals surface area contributed by atoms with Crippen molar-refractivity contribution in [2.75, 3.05) is 6.54 Å². The zero-order valence-electron chi connectivity index (χ0n) is 10.3. The molecule has 0 bridgehead atoms. The lowest BCUT2D eigenvalue weighted by Crippen LogP contribution is -2.30. The van der Waals surface area contributed by atoms with Gasteiger partial charge >= 0.3 is 5.97 Å². The predicted molar refractivity (Wildman–Crippen MR) is 66.8 cm³/mol. The van der Waals surface area contributed by atoms with Crippen molar-refractivity contribution in [1.29, 1.82) is 0 Å². The molecule has 1 aromatic carbocycles. The fourth-order valence-electron chi connectivity index (χ4n) is 2.70. The van der Waals surface area contributed by atoms with Crippen molar-refractivity contribution in [2.24, 2.45) is 5.92 Å². The van der Waals surface area contributed by atoms with Gasteiger partial charge in [-0.25, -0.2) is 0 Å². The van der Waals surface area contributed by atoms with Gasteiger partial charge in [0.05, 0.1) is 5.92 Å². The smallest absolute Gasteiger partial charge is 0.307 e. The standard InChI is InChI=1S/C14H19NO2/c1-10-8-13(14(16)17)9-15(10)11(2)12-6-4-3-5-7-12/h3-7,10-11,13H,8-9H2,1-2H3,(H,16,17). The number of carbonyl (C=O) groups is 1. The molecule has 0 amide bonds. The molecule has 3 nitrogen and oxygen atoms in total. The number of nitrogens with zero attached hydrogens (tertiary/aromatic N) is 1. The Labute approximate surface area is 102 Å². The second-order valence-corrected chi connectivity index (χ2v) is 4.90. The normalized spacial score (nSPS) is 26.9. The number of aliphatic carboxylic acids is 1. The highest BCUT2D eigenvalue weighted by Gasteiger charge is 2.36. The van der Waals surface area contributed by atoms with Gasteiger partial charge < -0.3 is 5.11 Å². The Morgan fingerprint density at radius 2 is 2.06 bits per heavy atom. The van der Waals surface area contributed by atoms with E-state index in [0.717, 1.165) is 6.42 Å². The molecular formula is C14H19NO2. The van der Waals surface area contributed by atoms with Crippen LogP contribution in [-0.4, -0.2) is 28.6 Å². The van der Waals surface area contributed by atoms with Gasteiger partial charge in [-0.15, -0.1) is 0 Å². The molecule has 2 rings (SSSR count). The number of likely N-dealkylation sites (tertiary alicyclic amines) is 1. The van der Waals surface area contributed by atoms with E-state index in [4.69, 9.17) is 5.11 Å². The van der Waals surface area contributed by atoms with Crippen LogP contribution in [0.5, 0.6) is 0 Å². The maximum absolute atomic E-state index is 11.0. The molecule has 1 aromatic rings. The van der Waals surface area contributed by atoms with Crippen LogP contribution in [0.4, 0.5) is 0 Å². The molecular weight excluding hydrogens is 214 g/mol. The first kappa shape index (κ1) is 12.1. The summed E-state index contributed by atoms with van der Waals surface area (Å²) in [6, 6.07) is 10.9. The Morgan fingerprint density at radius 3 is 2.59 bits per heavy atom. The van der Waals surface area contributed by atoms with Gasteiger partial charge in [0, 0.05) is 18.6 Å². The monoisotopic (exact) mass is 233 g/mol. The SMILES string of the molecule is CC1CC(C(=O)O)CN1C(C)c1ccccc1. The topological polar surface area (TPSA) is 40.5 Å². The number of benzene rings is 1. The van der Waals surface area contributed by atoms with Crippen molar-refractivity contribution >= 4 is 5.97 Å². The molecule has 1 N–H and O–H groups in total. The zero-order chi connectivity index (χ0) is 12.4. The minimum atomic E-state index is -0.667. The third-order valence-corrected chi connectivity index (χ3v) is 3.75. The molecule has 0 radical (unpaired) electrons. The molecule has 1 saturated heterocycles. The van der Waals surface area contributed by atoms with E-state index in [1.807, 2.05) is 18.2 Å².